The zero-order valence-electron chi connectivity index (χ0n) is 8.96. The predicted octanol–water partition coefficient (Wildman–Crippen LogP) is 1.90. The molecule has 0 aliphatic rings. The topological polar surface area (TPSA) is 46.5 Å². The molecule has 0 spiro atoms. The van der Waals surface area contributed by atoms with Crippen LogP contribution in [0.1, 0.15) is 34.1 Å². The van der Waals surface area contributed by atoms with Gasteiger partial charge in [-0.25, -0.2) is 4.79 Å². The highest BCUT2D eigenvalue weighted by atomic mass is 16.5. The molecule has 0 saturated carbocycles. The molecule has 0 bridgehead atoms. The Morgan fingerprint density at radius 2 is 2.00 bits per heavy atom. The Kier molecular flexibility index (Phi) is 10.5. The molecule has 0 amide bonds. The minimum absolute atomic E-state index is 0.0577. The van der Waals surface area contributed by atoms with Gasteiger partial charge in [-0.3, -0.25) is 0 Å². The lowest BCUT2D eigenvalue weighted by atomic mass is 10.3. The maximum atomic E-state index is 10.7. The number of aliphatic hydroxyl groups excluding tert-OH is 1. The second kappa shape index (κ2) is 9.26. The van der Waals surface area contributed by atoms with Crippen molar-refractivity contribution in [2.75, 3.05) is 6.61 Å². The van der Waals surface area contributed by atoms with Crippen LogP contribution in [0.25, 0.3) is 0 Å². The molecule has 3 nitrogen and oxygen atoms in total. The first-order valence-electron chi connectivity index (χ1n) is 4.58. The molecule has 0 radical (unpaired) electrons. The first-order valence-corrected chi connectivity index (χ1v) is 4.58. The molecule has 0 aliphatic heterocycles. The van der Waals surface area contributed by atoms with Gasteiger partial charge in [0.05, 0.1) is 6.10 Å². The van der Waals surface area contributed by atoms with E-state index in [1.807, 2.05) is 20.8 Å². The summed E-state index contributed by atoms with van der Waals surface area (Å²) in [4.78, 5) is 10.7. The van der Waals surface area contributed by atoms with Crippen molar-refractivity contribution < 1.29 is 14.6 Å². The molecule has 0 aromatic heterocycles. The first-order chi connectivity index (χ1) is 6.07. The van der Waals surface area contributed by atoms with E-state index in [0.29, 0.717) is 12.0 Å². The van der Waals surface area contributed by atoms with Gasteiger partial charge in [-0.1, -0.05) is 27.4 Å². The van der Waals surface area contributed by atoms with Crippen LogP contribution >= 0.6 is 0 Å². The standard InChI is InChI=1S/C8H14O3.C2H6/c1-4-7(9)5-11-8(10)6(2)3;1-2/h7,9H,2,4-5H2,1,3H3;1-2H3. The van der Waals surface area contributed by atoms with Gasteiger partial charge in [0, 0.05) is 5.57 Å². The molecule has 0 aromatic rings. The zero-order chi connectivity index (χ0) is 10.9. The maximum Gasteiger partial charge on any atom is 0.333 e. The van der Waals surface area contributed by atoms with Crippen LogP contribution in [0, 0.1) is 0 Å². The molecule has 0 aliphatic carbocycles. The number of ether oxygens (including phenoxy) is 1. The number of carbonyl (C=O) groups excluding carboxylic acids is 1. The molecule has 13 heavy (non-hydrogen) atoms. The molecule has 0 heterocycles. The van der Waals surface area contributed by atoms with Gasteiger partial charge in [0.2, 0.25) is 0 Å². The Hall–Kier alpha value is -0.830. The number of hydrogen-bond donors (Lipinski definition) is 1. The fourth-order valence-corrected chi connectivity index (χ4v) is 0.413. The van der Waals surface area contributed by atoms with Crippen LogP contribution in [-0.4, -0.2) is 23.8 Å². The van der Waals surface area contributed by atoms with Crippen molar-refractivity contribution in [1.29, 1.82) is 0 Å². The number of esters is 1. The molecule has 1 N–H and O–H groups in total. The largest absolute Gasteiger partial charge is 0.460 e. The SMILES string of the molecule is C=C(C)C(=O)OCC(O)CC.CC. The summed E-state index contributed by atoms with van der Waals surface area (Å²) < 4.78 is 4.67. The smallest absolute Gasteiger partial charge is 0.333 e. The van der Waals surface area contributed by atoms with Crippen LogP contribution in [0.4, 0.5) is 0 Å². The maximum absolute atomic E-state index is 10.7. The summed E-state index contributed by atoms with van der Waals surface area (Å²) in [7, 11) is 0. The average molecular weight is 188 g/mol. The van der Waals surface area contributed by atoms with Crippen LogP contribution in [0.15, 0.2) is 12.2 Å². The van der Waals surface area contributed by atoms with E-state index in [9.17, 15) is 4.79 Å². The summed E-state index contributed by atoms with van der Waals surface area (Å²) in [5, 5.41) is 8.98. The Morgan fingerprint density at radius 3 is 2.31 bits per heavy atom. The molecule has 1 atom stereocenters. The van der Waals surface area contributed by atoms with Gasteiger partial charge >= 0.3 is 5.97 Å². The van der Waals surface area contributed by atoms with Crippen LogP contribution in [0.3, 0.4) is 0 Å². The van der Waals surface area contributed by atoms with Crippen molar-refractivity contribution in [1.82, 2.24) is 0 Å². The minimum Gasteiger partial charge on any atom is -0.460 e. The average Bonchev–Trinajstić information content (AvgIpc) is 2.16. The summed E-state index contributed by atoms with van der Waals surface area (Å²) >= 11 is 0. The summed E-state index contributed by atoms with van der Waals surface area (Å²) in [6.07, 6.45) is 0.0296. The second-order valence-electron chi connectivity index (χ2n) is 2.44. The summed E-state index contributed by atoms with van der Waals surface area (Å²) in [5.41, 5.74) is 0.355. The minimum atomic E-state index is -0.557. The highest BCUT2D eigenvalue weighted by molar-refractivity contribution is 5.86. The highest BCUT2D eigenvalue weighted by Gasteiger charge is 2.06. The van der Waals surface area contributed by atoms with Crippen molar-refractivity contribution in [3.05, 3.63) is 12.2 Å². The van der Waals surface area contributed by atoms with Crippen LogP contribution in [0.2, 0.25) is 0 Å². The molecule has 0 rings (SSSR count). The van der Waals surface area contributed by atoms with Gasteiger partial charge in [0.1, 0.15) is 6.61 Å². The van der Waals surface area contributed by atoms with Crippen LogP contribution in [-0.2, 0) is 9.53 Å². The molecular weight excluding hydrogens is 168 g/mol. The van der Waals surface area contributed by atoms with Crippen molar-refractivity contribution in [2.45, 2.75) is 40.2 Å². The van der Waals surface area contributed by atoms with Gasteiger partial charge < -0.3 is 9.84 Å². The molecule has 0 aromatic carbocycles. The number of aliphatic hydroxyl groups is 1. The van der Waals surface area contributed by atoms with E-state index >= 15 is 0 Å². The lowest BCUT2D eigenvalue weighted by Crippen LogP contribution is -2.17. The fourth-order valence-electron chi connectivity index (χ4n) is 0.413. The van der Waals surface area contributed by atoms with Crippen molar-refractivity contribution in [3.8, 4) is 0 Å². The monoisotopic (exact) mass is 188 g/mol. The summed E-state index contributed by atoms with van der Waals surface area (Å²) in [5.74, 6) is -0.447. The highest BCUT2D eigenvalue weighted by Crippen LogP contribution is 1.95. The van der Waals surface area contributed by atoms with Gasteiger partial charge in [-0.15, -0.1) is 0 Å². The first kappa shape index (κ1) is 14.7. The van der Waals surface area contributed by atoms with E-state index in [2.05, 4.69) is 11.3 Å². The van der Waals surface area contributed by atoms with Gasteiger partial charge in [0.25, 0.3) is 0 Å². The predicted molar refractivity (Wildman–Crippen MR) is 53.4 cm³/mol. The third-order valence-corrected chi connectivity index (χ3v) is 1.23. The summed E-state index contributed by atoms with van der Waals surface area (Å²) in [6.45, 7) is 10.8. The third kappa shape index (κ3) is 9.08. The number of rotatable bonds is 4. The molecule has 78 valence electrons. The number of carbonyl (C=O) groups is 1. The molecular formula is C10H20O3. The Balaban J connectivity index is 0. The lowest BCUT2D eigenvalue weighted by molar-refractivity contribution is -0.141. The quantitative estimate of drug-likeness (QED) is 0.541. The molecule has 0 saturated heterocycles. The van der Waals surface area contributed by atoms with E-state index < -0.39 is 12.1 Å². The summed E-state index contributed by atoms with van der Waals surface area (Å²) in [6, 6.07) is 0. The number of hydrogen-bond acceptors (Lipinski definition) is 3. The molecule has 1 unspecified atom stereocenters. The fraction of sp³-hybridized carbons (Fsp3) is 0.700. The zero-order valence-corrected chi connectivity index (χ0v) is 8.96. The van der Waals surface area contributed by atoms with Gasteiger partial charge in [0.15, 0.2) is 0 Å². The van der Waals surface area contributed by atoms with Gasteiger partial charge in [-0.2, -0.15) is 0 Å². The normalized spacial score (nSPS) is 10.8. The van der Waals surface area contributed by atoms with Gasteiger partial charge in [-0.05, 0) is 13.3 Å². The Bertz CT molecular complexity index is 152. The van der Waals surface area contributed by atoms with Crippen LogP contribution in [0.5, 0.6) is 0 Å². The lowest BCUT2D eigenvalue weighted by Gasteiger charge is -2.07. The Morgan fingerprint density at radius 1 is 1.54 bits per heavy atom. The third-order valence-electron chi connectivity index (χ3n) is 1.23. The van der Waals surface area contributed by atoms with Crippen molar-refractivity contribution >= 4 is 5.97 Å². The molecule has 0 fully saturated rings. The van der Waals surface area contributed by atoms with Crippen LogP contribution < -0.4 is 0 Å². The van der Waals surface area contributed by atoms with Crippen molar-refractivity contribution in [3.63, 3.8) is 0 Å². The Labute approximate surface area is 80.4 Å². The van der Waals surface area contributed by atoms with E-state index in [-0.39, 0.29) is 6.61 Å². The second-order valence-corrected chi connectivity index (χ2v) is 2.44. The molecule has 3 heteroatoms. The van der Waals surface area contributed by atoms with E-state index in [1.54, 1.807) is 6.92 Å². The van der Waals surface area contributed by atoms with E-state index in [4.69, 9.17) is 5.11 Å². The van der Waals surface area contributed by atoms with E-state index in [0.717, 1.165) is 0 Å². The van der Waals surface area contributed by atoms with Crippen molar-refractivity contribution in [2.24, 2.45) is 0 Å². The van der Waals surface area contributed by atoms with E-state index in [1.165, 1.54) is 0 Å².